The second-order valence-corrected chi connectivity index (χ2v) is 5.74. The fourth-order valence-electron chi connectivity index (χ4n) is 1.90. The van der Waals surface area contributed by atoms with Crippen LogP contribution >= 0.6 is 11.8 Å². The number of imidazole rings is 1. The minimum Gasteiger partial charge on any atom is -0.341 e. The molecule has 0 saturated carbocycles. The van der Waals surface area contributed by atoms with Crippen molar-refractivity contribution in [3.05, 3.63) is 48.3 Å². The van der Waals surface area contributed by atoms with Gasteiger partial charge in [0.1, 0.15) is 22.7 Å². The third kappa shape index (κ3) is 2.78. The Bertz CT molecular complexity index is 787. The van der Waals surface area contributed by atoms with Gasteiger partial charge < -0.3 is 4.98 Å². The number of hydrogen-bond acceptors (Lipinski definition) is 5. The number of aromatic amines is 1. The van der Waals surface area contributed by atoms with Crippen molar-refractivity contribution < 1.29 is 9.18 Å². The molecule has 0 fully saturated rings. The maximum absolute atomic E-state index is 12.9. The number of H-pyrrole nitrogens is 1. The van der Waals surface area contributed by atoms with Gasteiger partial charge in [-0.3, -0.25) is 4.79 Å². The van der Waals surface area contributed by atoms with Gasteiger partial charge in [0.25, 0.3) is 0 Å². The first kappa shape index (κ1) is 13.7. The van der Waals surface area contributed by atoms with E-state index < -0.39 is 0 Å². The van der Waals surface area contributed by atoms with Crippen molar-refractivity contribution in [2.45, 2.75) is 17.2 Å². The molecule has 7 heteroatoms. The number of benzene rings is 1. The zero-order valence-electron chi connectivity index (χ0n) is 11.1. The Morgan fingerprint density at radius 3 is 2.76 bits per heavy atom. The van der Waals surface area contributed by atoms with E-state index in [4.69, 9.17) is 0 Å². The molecule has 0 amide bonds. The first-order chi connectivity index (χ1) is 10.1. The maximum atomic E-state index is 12.9. The summed E-state index contributed by atoms with van der Waals surface area (Å²) in [4.78, 5) is 27.5. The lowest BCUT2D eigenvalue weighted by Crippen LogP contribution is -2.13. The van der Waals surface area contributed by atoms with Gasteiger partial charge in [-0.15, -0.1) is 0 Å². The summed E-state index contributed by atoms with van der Waals surface area (Å²) in [6.07, 6.45) is 2.95. The number of halogens is 1. The predicted molar refractivity (Wildman–Crippen MR) is 77.7 cm³/mol. The van der Waals surface area contributed by atoms with Gasteiger partial charge in [0.15, 0.2) is 11.4 Å². The van der Waals surface area contributed by atoms with Gasteiger partial charge in [-0.1, -0.05) is 11.8 Å². The monoisotopic (exact) mass is 302 g/mol. The standard InChI is InChI=1S/C14H11FN4OS/c1-8(12(20)9-2-4-10(15)5-3-9)21-14-11-13(17-6-16-11)18-7-19-14/h2-8H,1H3,(H,16,17,18,19). The third-order valence-electron chi connectivity index (χ3n) is 2.97. The summed E-state index contributed by atoms with van der Waals surface area (Å²) in [6, 6.07) is 5.53. The molecular weight excluding hydrogens is 291 g/mol. The van der Waals surface area contributed by atoms with Crippen LogP contribution in [0.3, 0.4) is 0 Å². The normalized spacial score (nSPS) is 12.5. The quantitative estimate of drug-likeness (QED) is 0.456. The maximum Gasteiger partial charge on any atom is 0.181 e. The third-order valence-corrected chi connectivity index (χ3v) is 4.07. The van der Waals surface area contributed by atoms with E-state index in [1.807, 2.05) is 0 Å². The molecule has 0 radical (unpaired) electrons. The summed E-state index contributed by atoms with van der Waals surface area (Å²) >= 11 is 1.32. The van der Waals surface area contributed by atoms with Gasteiger partial charge in [-0.05, 0) is 31.2 Å². The van der Waals surface area contributed by atoms with E-state index in [2.05, 4.69) is 19.9 Å². The second kappa shape index (κ2) is 5.61. The fourth-order valence-corrected chi connectivity index (χ4v) is 2.86. The summed E-state index contributed by atoms with van der Waals surface area (Å²) in [5.74, 6) is -0.437. The van der Waals surface area contributed by atoms with Crippen molar-refractivity contribution in [2.24, 2.45) is 0 Å². The Balaban J connectivity index is 1.82. The van der Waals surface area contributed by atoms with Crippen LogP contribution in [0, 0.1) is 5.82 Å². The zero-order valence-corrected chi connectivity index (χ0v) is 11.9. The van der Waals surface area contributed by atoms with Crippen molar-refractivity contribution in [2.75, 3.05) is 0 Å². The molecule has 0 bridgehead atoms. The molecule has 2 heterocycles. The number of nitrogens with zero attached hydrogens (tertiary/aromatic N) is 3. The Kier molecular flexibility index (Phi) is 3.66. The van der Waals surface area contributed by atoms with Crippen LogP contribution in [0.4, 0.5) is 4.39 Å². The first-order valence-electron chi connectivity index (χ1n) is 6.25. The summed E-state index contributed by atoms with van der Waals surface area (Å²) in [5, 5.41) is 0.317. The smallest absolute Gasteiger partial charge is 0.181 e. The largest absolute Gasteiger partial charge is 0.341 e. The zero-order chi connectivity index (χ0) is 14.8. The number of ketones is 1. The topological polar surface area (TPSA) is 71.5 Å². The van der Waals surface area contributed by atoms with Gasteiger partial charge in [0.05, 0.1) is 11.6 Å². The van der Waals surface area contributed by atoms with Crippen LogP contribution in [0.25, 0.3) is 11.2 Å². The summed E-state index contributed by atoms with van der Waals surface area (Å²) in [6.45, 7) is 1.79. The Morgan fingerprint density at radius 1 is 1.24 bits per heavy atom. The molecule has 0 saturated heterocycles. The van der Waals surface area contributed by atoms with Crippen molar-refractivity contribution >= 4 is 28.7 Å². The van der Waals surface area contributed by atoms with Crippen molar-refractivity contribution in [1.29, 1.82) is 0 Å². The number of Topliss-reactive ketones (excluding diaryl/α,β-unsaturated/α-hetero) is 1. The molecule has 106 valence electrons. The van der Waals surface area contributed by atoms with E-state index in [0.717, 1.165) is 0 Å². The highest BCUT2D eigenvalue weighted by atomic mass is 32.2. The highest BCUT2D eigenvalue weighted by Crippen LogP contribution is 2.27. The van der Waals surface area contributed by atoms with Gasteiger partial charge in [0.2, 0.25) is 0 Å². The van der Waals surface area contributed by atoms with Crippen LogP contribution in [0.1, 0.15) is 17.3 Å². The predicted octanol–water partition coefficient (Wildman–Crippen LogP) is 2.86. The number of carbonyl (C=O) groups excluding carboxylic acids is 1. The number of carbonyl (C=O) groups is 1. The number of rotatable bonds is 4. The lowest BCUT2D eigenvalue weighted by molar-refractivity contribution is 0.0994. The second-order valence-electron chi connectivity index (χ2n) is 4.41. The van der Waals surface area contributed by atoms with Crippen LogP contribution in [-0.2, 0) is 0 Å². The van der Waals surface area contributed by atoms with Crippen molar-refractivity contribution in [3.8, 4) is 0 Å². The summed E-state index contributed by atoms with van der Waals surface area (Å²) in [7, 11) is 0. The molecule has 1 atom stereocenters. The van der Waals surface area contributed by atoms with Crippen LogP contribution < -0.4 is 0 Å². The van der Waals surface area contributed by atoms with Gasteiger partial charge in [-0.2, -0.15) is 0 Å². The molecule has 0 aliphatic rings. The first-order valence-corrected chi connectivity index (χ1v) is 7.13. The summed E-state index contributed by atoms with van der Waals surface area (Å²) in [5.41, 5.74) is 1.75. The van der Waals surface area contributed by atoms with Crippen molar-refractivity contribution in [1.82, 2.24) is 19.9 Å². The van der Waals surface area contributed by atoms with Gasteiger partial charge in [-0.25, -0.2) is 19.3 Å². The highest BCUT2D eigenvalue weighted by Gasteiger charge is 2.19. The lowest BCUT2D eigenvalue weighted by atomic mass is 10.1. The molecule has 3 aromatic rings. The van der Waals surface area contributed by atoms with Gasteiger partial charge in [0, 0.05) is 5.56 Å². The molecule has 21 heavy (non-hydrogen) atoms. The number of thioether (sulfide) groups is 1. The molecule has 3 rings (SSSR count). The lowest BCUT2D eigenvalue weighted by Gasteiger charge is -2.09. The molecule has 1 aromatic carbocycles. The SMILES string of the molecule is CC(Sc1ncnc2nc[nH]c12)C(=O)c1ccc(F)cc1. The Hall–Kier alpha value is -2.28. The van der Waals surface area contributed by atoms with E-state index in [0.29, 0.717) is 21.8 Å². The average molecular weight is 302 g/mol. The van der Waals surface area contributed by atoms with Crippen LogP contribution in [0.2, 0.25) is 0 Å². The number of fused-ring (bicyclic) bond motifs is 1. The Labute approximate surface area is 124 Å². The van der Waals surface area contributed by atoms with E-state index in [1.165, 1.54) is 48.7 Å². The minimum absolute atomic E-state index is 0.0775. The molecule has 0 spiro atoms. The van der Waals surface area contributed by atoms with Crippen LogP contribution in [0.15, 0.2) is 41.9 Å². The number of hydrogen-bond donors (Lipinski definition) is 1. The molecule has 5 nitrogen and oxygen atoms in total. The van der Waals surface area contributed by atoms with Crippen molar-refractivity contribution in [3.63, 3.8) is 0 Å². The molecule has 2 aromatic heterocycles. The minimum atomic E-state index is -0.359. The van der Waals surface area contributed by atoms with E-state index in [9.17, 15) is 9.18 Å². The fraction of sp³-hybridized carbons (Fsp3) is 0.143. The Morgan fingerprint density at radius 2 is 2.00 bits per heavy atom. The average Bonchev–Trinajstić information content (AvgIpc) is 2.97. The molecule has 0 aliphatic heterocycles. The van der Waals surface area contributed by atoms with E-state index in [-0.39, 0.29) is 16.9 Å². The summed E-state index contributed by atoms with van der Waals surface area (Å²) < 4.78 is 12.9. The highest BCUT2D eigenvalue weighted by molar-refractivity contribution is 8.00. The molecule has 0 aliphatic carbocycles. The van der Waals surface area contributed by atoms with Crippen LogP contribution in [0.5, 0.6) is 0 Å². The van der Waals surface area contributed by atoms with E-state index in [1.54, 1.807) is 6.92 Å². The molecular formula is C14H11FN4OS. The number of nitrogens with one attached hydrogen (secondary N) is 1. The molecule has 1 unspecified atom stereocenters. The van der Waals surface area contributed by atoms with Crippen LogP contribution in [-0.4, -0.2) is 31.0 Å². The van der Waals surface area contributed by atoms with E-state index >= 15 is 0 Å². The van der Waals surface area contributed by atoms with Gasteiger partial charge >= 0.3 is 0 Å². The molecule has 1 N–H and O–H groups in total. The number of aromatic nitrogens is 4.